The predicted molar refractivity (Wildman–Crippen MR) is 80.5 cm³/mol. The summed E-state index contributed by atoms with van der Waals surface area (Å²) in [4.78, 5) is 4.42. The Balaban J connectivity index is 2.37. The van der Waals surface area contributed by atoms with Crippen LogP contribution in [0.2, 0.25) is 0 Å². The summed E-state index contributed by atoms with van der Waals surface area (Å²) in [6.45, 7) is 1.72. The van der Waals surface area contributed by atoms with Crippen LogP contribution in [0.3, 0.4) is 0 Å². The molecule has 0 bridgehead atoms. The van der Waals surface area contributed by atoms with Crippen molar-refractivity contribution in [3.63, 3.8) is 0 Å². The molecule has 0 spiro atoms. The van der Waals surface area contributed by atoms with Gasteiger partial charge in [0.1, 0.15) is 0 Å². The molecule has 0 aliphatic carbocycles. The minimum absolute atomic E-state index is 0.115. The van der Waals surface area contributed by atoms with Crippen LogP contribution in [0, 0.1) is 6.92 Å². The smallest absolute Gasteiger partial charge is 0.0897 e. The second-order valence-electron chi connectivity index (χ2n) is 4.64. The SMILES string of the molecule is Cc1nc(CC(CO)(CO)c2cccc(Br)c2)cs1. The van der Waals surface area contributed by atoms with Gasteiger partial charge in [-0.3, -0.25) is 0 Å². The van der Waals surface area contributed by atoms with Crippen molar-refractivity contribution in [2.24, 2.45) is 0 Å². The zero-order valence-corrected chi connectivity index (χ0v) is 13.0. The Hall–Kier alpha value is -0.750. The highest BCUT2D eigenvalue weighted by Crippen LogP contribution is 2.30. The van der Waals surface area contributed by atoms with Crippen molar-refractivity contribution in [3.05, 3.63) is 50.4 Å². The lowest BCUT2D eigenvalue weighted by atomic mass is 9.78. The fraction of sp³-hybridized carbons (Fsp3) is 0.357. The number of nitrogens with zero attached hydrogens (tertiary/aromatic N) is 1. The first-order valence-electron chi connectivity index (χ1n) is 5.98. The summed E-state index contributed by atoms with van der Waals surface area (Å²) >= 11 is 5.01. The molecular formula is C14H16BrNO2S. The molecule has 0 atom stereocenters. The molecular weight excluding hydrogens is 326 g/mol. The van der Waals surface area contributed by atoms with E-state index in [0.29, 0.717) is 6.42 Å². The van der Waals surface area contributed by atoms with Crippen molar-refractivity contribution >= 4 is 27.3 Å². The standard InChI is InChI=1S/C14H16BrNO2S/c1-10-16-13(7-19-10)6-14(8-17,9-18)11-3-2-4-12(15)5-11/h2-5,7,17-18H,6,8-9H2,1H3. The van der Waals surface area contributed by atoms with Gasteiger partial charge in [0.15, 0.2) is 0 Å². The lowest BCUT2D eigenvalue weighted by Crippen LogP contribution is -2.37. The Labute approximate surface area is 125 Å². The number of aliphatic hydroxyl groups excluding tert-OH is 2. The minimum Gasteiger partial charge on any atom is -0.395 e. The number of halogens is 1. The van der Waals surface area contributed by atoms with Crippen LogP contribution < -0.4 is 0 Å². The van der Waals surface area contributed by atoms with E-state index in [1.54, 1.807) is 11.3 Å². The number of rotatable bonds is 5. The first-order chi connectivity index (χ1) is 9.09. The van der Waals surface area contributed by atoms with Crippen LogP contribution in [0.1, 0.15) is 16.3 Å². The van der Waals surface area contributed by atoms with Gasteiger partial charge in [0.05, 0.1) is 23.9 Å². The summed E-state index contributed by atoms with van der Waals surface area (Å²) in [6.07, 6.45) is 0.529. The number of hydrogen-bond acceptors (Lipinski definition) is 4. The second-order valence-corrected chi connectivity index (χ2v) is 6.62. The maximum absolute atomic E-state index is 9.79. The summed E-state index contributed by atoms with van der Waals surface area (Å²) in [5.41, 5.74) is 1.13. The highest BCUT2D eigenvalue weighted by molar-refractivity contribution is 9.10. The molecule has 0 saturated heterocycles. The monoisotopic (exact) mass is 341 g/mol. The molecule has 1 aromatic heterocycles. The van der Waals surface area contributed by atoms with Crippen molar-refractivity contribution in [3.8, 4) is 0 Å². The number of benzene rings is 1. The fourth-order valence-corrected chi connectivity index (χ4v) is 3.11. The maximum atomic E-state index is 9.79. The molecule has 5 heteroatoms. The van der Waals surface area contributed by atoms with Crippen LogP contribution >= 0.6 is 27.3 Å². The Kier molecular flexibility index (Phi) is 4.73. The van der Waals surface area contributed by atoms with Crippen molar-refractivity contribution in [2.45, 2.75) is 18.8 Å². The normalized spacial score (nSPS) is 11.8. The van der Waals surface area contributed by atoms with Crippen molar-refractivity contribution < 1.29 is 10.2 Å². The largest absolute Gasteiger partial charge is 0.395 e. The molecule has 0 aliphatic rings. The van der Waals surface area contributed by atoms with Crippen molar-refractivity contribution in [1.82, 2.24) is 4.98 Å². The topological polar surface area (TPSA) is 53.4 Å². The van der Waals surface area contributed by atoms with Gasteiger partial charge in [0.2, 0.25) is 0 Å². The quantitative estimate of drug-likeness (QED) is 0.878. The number of aliphatic hydroxyl groups is 2. The summed E-state index contributed by atoms with van der Waals surface area (Å²) < 4.78 is 0.936. The van der Waals surface area contributed by atoms with E-state index in [2.05, 4.69) is 20.9 Å². The van der Waals surface area contributed by atoms with Gasteiger partial charge >= 0.3 is 0 Å². The number of aryl methyl sites for hydroxylation is 1. The molecule has 3 nitrogen and oxygen atoms in total. The third kappa shape index (κ3) is 3.23. The first kappa shape index (κ1) is 14.7. The molecule has 102 valence electrons. The first-order valence-corrected chi connectivity index (χ1v) is 7.66. The van der Waals surface area contributed by atoms with Gasteiger partial charge in [0, 0.05) is 21.7 Å². The summed E-state index contributed by atoms with van der Waals surface area (Å²) in [5.74, 6) is 0. The Morgan fingerprint density at radius 2 is 2.05 bits per heavy atom. The number of hydrogen-bond donors (Lipinski definition) is 2. The van der Waals surface area contributed by atoms with Crippen LogP contribution in [-0.4, -0.2) is 28.4 Å². The molecule has 0 radical (unpaired) electrons. The number of aromatic nitrogens is 1. The molecule has 2 rings (SSSR count). The van der Waals surface area contributed by atoms with E-state index in [-0.39, 0.29) is 13.2 Å². The van der Waals surface area contributed by atoms with Gasteiger partial charge < -0.3 is 10.2 Å². The molecule has 0 aliphatic heterocycles. The van der Waals surface area contributed by atoms with E-state index < -0.39 is 5.41 Å². The molecule has 19 heavy (non-hydrogen) atoms. The van der Waals surface area contributed by atoms with Crippen molar-refractivity contribution in [2.75, 3.05) is 13.2 Å². The number of thiazole rings is 1. The predicted octanol–water partition coefficient (Wildman–Crippen LogP) is 2.68. The van der Waals surface area contributed by atoms with Crippen LogP contribution in [0.5, 0.6) is 0 Å². The van der Waals surface area contributed by atoms with Gasteiger partial charge in [-0.05, 0) is 24.6 Å². The van der Waals surface area contributed by atoms with E-state index in [1.165, 1.54) is 0 Å². The lowest BCUT2D eigenvalue weighted by Gasteiger charge is -2.30. The van der Waals surface area contributed by atoms with Gasteiger partial charge in [-0.15, -0.1) is 11.3 Å². The van der Waals surface area contributed by atoms with E-state index in [4.69, 9.17) is 0 Å². The molecule has 0 unspecified atom stereocenters. The van der Waals surface area contributed by atoms with Gasteiger partial charge in [-0.25, -0.2) is 4.98 Å². The maximum Gasteiger partial charge on any atom is 0.0897 e. The molecule has 1 aromatic carbocycles. The Bertz CT molecular complexity index is 552. The highest BCUT2D eigenvalue weighted by atomic mass is 79.9. The lowest BCUT2D eigenvalue weighted by molar-refractivity contribution is 0.115. The van der Waals surface area contributed by atoms with Gasteiger partial charge in [0.25, 0.3) is 0 Å². The molecule has 1 heterocycles. The van der Waals surface area contributed by atoms with Crippen LogP contribution in [0.15, 0.2) is 34.1 Å². The average molecular weight is 342 g/mol. The summed E-state index contributed by atoms with van der Waals surface area (Å²) in [7, 11) is 0. The summed E-state index contributed by atoms with van der Waals surface area (Å²) in [5, 5.41) is 22.6. The van der Waals surface area contributed by atoms with Crippen LogP contribution in [-0.2, 0) is 11.8 Å². The van der Waals surface area contributed by atoms with Crippen molar-refractivity contribution in [1.29, 1.82) is 0 Å². The van der Waals surface area contributed by atoms with Crippen LogP contribution in [0.25, 0.3) is 0 Å². The van der Waals surface area contributed by atoms with Crippen LogP contribution in [0.4, 0.5) is 0 Å². The minimum atomic E-state index is -0.690. The molecule has 2 N–H and O–H groups in total. The zero-order chi connectivity index (χ0) is 13.9. The third-order valence-corrected chi connectivity index (χ3v) is 4.54. The second kappa shape index (κ2) is 6.13. The zero-order valence-electron chi connectivity index (χ0n) is 10.6. The van der Waals surface area contributed by atoms with E-state index >= 15 is 0 Å². The van der Waals surface area contributed by atoms with Gasteiger partial charge in [-0.2, -0.15) is 0 Å². The van der Waals surface area contributed by atoms with E-state index in [1.807, 2.05) is 36.6 Å². The molecule has 2 aromatic rings. The highest BCUT2D eigenvalue weighted by Gasteiger charge is 2.32. The molecule has 0 fully saturated rings. The van der Waals surface area contributed by atoms with E-state index in [0.717, 1.165) is 20.7 Å². The fourth-order valence-electron chi connectivity index (χ4n) is 2.10. The average Bonchev–Trinajstić information content (AvgIpc) is 2.81. The van der Waals surface area contributed by atoms with Gasteiger partial charge in [-0.1, -0.05) is 28.1 Å². The van der Waals surface area contributed by atoms with E-state index in [9.17, 15) is 10.2 Å². The molecule has 0 saturated carbocycles. The molecule has 0 amide bonds. The third-order valence-electron chi connectivity index (χ3n) is 3.23. The Morgan fingerprint density at radius 3 is 2.58 bits per heavy atom. The summed E-state index contributed by atoms with van der Waals surface area (Å²) in [6, 6.07) is 7.70. The Morgan fingerprint density at radius 1 is 1.32 bits per heavy atom.